The lowest BCUT2D eigenvalue weighted by atomic mass is 9.72. The molecule has 2 atom stereocenters. The third-order valence-electron chi connectivity index (χ3n) is 4.10. The van der Waals surface area contributed by atoms with Crippen LogP contribution in [0.4, 0.5) is 0 Å². The predicted molar refractivity (Wildman–Crippen MR) is 87.0 cm³/mol. The molecular formula is C18H21NO6. The average molecular weight is 347 g/mol. The zero-order chi connectivity index (χ0) is 19.2. The Kier molecular flexibility index (Phi) is 6.68. The number of hydrogen-bond acceptors (Lipinski definition) is 6. The molecule has 0 amide bonds. The van der Waals surface area contributed by atoms with Gasteiger partial charge in [0, 0.05) is 0 Å². The Balaban J connectivity index is 2.89. The molecule has 0 saturated heterocycles. The van der Waals surface area contributed by atoms with Gasteiger partial charge in [0.2, 0.25) is 0 Å². The minimum Gasteiger partial charge on any atom is -0.481 e. The van der Waals surface area contributed by atoms with Gasteiger partial charge < -0.3 is 14.6 Å². The summed E-state index contributed by atoms with van der Waals surface area (Å²) in [5.74, 6) is -5.04. The molecule has 0 saturated carbocycles. The van der Waals surface area contributed by atoms with E-state index in [9.17, 15) is 19.5 Å². The summed E-state index contributed by atoms with van der Waals surface area (Å²) in [5.41, 5.74) is -0.296. The van der Waals surface area contributed by atoms with Gasteiger partial charge in [-0.1, -0.05) is 19.1 Å². The van der Waals surface area contributed by atoms with E-state index in [2.05, 4.69) is 4.74 Å². The van der Waals surface area contributed by atoms with Crippen LogP contribution in [0.1, 0.15) is 31.9 Å². The number of carbonyl (C=O) groups is 3. The number of nitrogens with zero attached hydrogens (tertiary/aromatic N) is 1. The van der Waals surface area contributed by atoms with Crippen molar-refractivity contribution in [3.05, 3.63) is 35.4 Å². The maximum absolute atomic E-state index is 12.4. The van der Waals surface area contributed by atoms with Crippen LogP contribution in [0.2, 0.25) is 0 Å². The van der Waals surface area contributed by atoms with Gasteiger partial charge in [0.05, 0.1) is 36.0 Å². The van der Waals surface area contributed by atoms with Crippen molar-refractivity contribution >= 4 is 17.9 Å². The zero-order valence-corrected chi connectivity index (χ0v) is 14.6. The van der Waals surface area contributed by atoms with Gasteiger partial charge in [0.25, 0.3) is 0 Å². The van der Waals surface area contributed by atoms with Gasteiger partial charge in [-0.25, -0.2) is 0 Å². The van der Waals surface area contributed by atoms with Crippen LogP contribution in [0, 0.1) is 28.6 Å². The van der Waals surface area contributed by atoms with E-state index in [1.54, 1.807) is 24.3 Å². The molecule has 0 bridgehead atoms. The molecule has 0 aromatic heterocycles. The molecule has 1 N–H and O–H groups in total. The van der Waals surface area contributed by atoms with Gasteiger partial charge in [-0.15, -0.1) is 0 Å². The topological polar surface area (TPSA) is 114 Å². The summed E-state index contributed by atoms with van der Waals surface area (Å²) in [6.45, 7) is 4.19. The van der Waals surface area contributed by atoms with E-state index >= 15 is 0 Å². The van der Waals surface area contributed by atoms with Crippen molar-refractivity contribution in [1.82, 2.24) is 0 Å². The van der Waals surface area contributed by atoms with Crippen LogP contribution < -0.4 is 0 Å². The Morgan fingerprint density at radius 3 is 2.24 bits per heavy atom. The predicted octanol–water partition coefficient (Wildman–Crippen LogP) is 2.14. The van der Waals surface area contributed by atoms with Crippen molar-refractivity contribution in [3.8, 4) is 6.07 Å². The zero-order valence-electron chi connectivity index (χ0n) is 14.6. The lowest BCUT2D eigenvalue weighted by Crippen LogP contribution is -2.44. The highest BCUT2D eigenvalue weighted by Gasteiger charge is 2.48. The van der Waals surface area contributed by atoms with Crippen molar-refractivity contribution in [2.75, 3.05) is 7.11 Å². The third-order valence-corrected chi connectivity index (χ3v) is 4.10. The molecule has 2 unspecified atom stereocenters. The molecule has 0 aliphatic carbocycles. The molecule has 1 aromatic carbocycles. The van der Waals surface area contributed by atoms with Crippen LogP contribution in [0.25, 0.3) is 0 Å². The first-order valence-corrected chi connectivity index (χ1v) is 7.62. The largest absolute Gasteiger partial charge is 0.481 e. The first-order chi connectivity index (χ1) is 11.6. The van der Waals surface area contributed by atoms with Crippen LogP contribution in [0.5, 0.6) is 0 Å². The number of hydrogen-bond donors (Lipinski definition) is 1. The molecule has 0 aliphatic rings. The minimum atomic E-state index is -1.44. The van der Waals surface area contributed by atoms with Crippen LogP contribution in [-0.2, 0) is 30.5 Å². The van der Waals surface area contributed by atoms with E-state index in [4.69, 9.17) is 10.00 Å². The van der Waals surface area contributed by atoms with Gasteiger partial charge >= 0.3 is 17.9 Å². The van der Waals surface area contributed by atoms with Crippen LogP contribution >= 0.6 is 0 Å². The molecule has 25 heavy (non-hydrogen) atoms. The number of benzene rings is 1. The summed E-state index contributed by atoms with van der Waals surface area (Å²) >= 11 is 0. The molecule has 1 rings (SSSR count). The molecule has 7 heteroatoms. The molecule has 1 aromatic rings. The Morgan fingerprint density at radius 1 is 1.24 bits per heavy atom. The number of aliphatic carboxylic acids is 1. The normalized spacial score (nSPS) is 13.2. The molecule has 0 fully saturated rings. The summed E-state index contributed by atoms with van der Waals surface area (Å²) < 4.78 is 9.81. The lowest BCUT2D eigenvalue weighted by molar-refractivity contribution is -0.172. The number of carboxylic acid groups (broad SMARTS) is 1. The second-order valence-electron chi connectivity index (χ2n) is 6.23. The van der Waals surface area contributed by atoms with E-state index in [-0.39, 0.29) is 6.61 Å². The second kappa shape index (κ2) is 8.29. The Morgan fingerprint density at radius 2 is 1.80 bits per heavy atom. The highest BCUT2D eigenvalue weighted by atomic mass is 16.5. The van der Waals surface area contributed by atoms with Crippen molar-refractivity contribution in [2.24, 2.45) is 17.3 Å². The Bertz CT molecular complexity index is 687. The Labute approximate surface area is 146 Å². The number of ether oxygens (including phenoxy) is 2. The maximum Gasteiger partial charge on any atom is 0.312 e. The smallest absolute Gasteiger partial charge is 0.312 e. The standard InChI is InChI=1S/C18H21NO6/c1-11(16(22)24-4)14(15(20)21)18(2,3)17(23)25-10-13-7-5-12(9-19)6-8-13/h5-8,11,14H,10H2,1-4H3,(H,20,21). The summed E-state index contributed by atoms with van der Waals surface area (Å²) in [4.78, 5) is 35.7. The minimum absolute atomic E-state index is 0.0626. The van der Waals surface area contributed by atoms with Crippen LogP contribution in [0.3, 0.4) is 0 Å². The molecule has 134 valence electrons. The number of methoxy groups -OCH3 is 1. The molecule has 0 radical (unpaired) electrons. The van der Waals surface area contributed by atoms with E-state index in [0.717, 1.165) is 7.11 Å². The van der Waals surface area contributed by atoms with Crippen molar-refractivity contribution < 1.29 is 29.0 Å². The molecule has 7 nitrogen and oxygen atoms in total. The summed E-state index contributed by atoms with van der Waals surface area (Å²) in [6.07, 6.45) is 0. The quantitative estimate of drug-likeness (QED) is 0.752. The van der Waals surface area contributed by atoms with Crippen molar-refractivity contribution in [3.63, 3.8) is 0 Å². The fourth-order valence-corrected chi connectivity index (χ4v) is 2.61. The molecule has 0 spiro atoms. The number of esters is 2. The van der Waals surface area contributed by atoms with E-state index in [0.29, 0.717) is 11.1 Å². The first-order valence-electron chi connectivity index (χ1n) is 7.62. The van der Waals surface area contributed by atoms with Crippen molar-refractivity contribution in [1.29, 1.82) is 5.26 Å². The third kappa shape index (κ3) is 4.80. The molecular weight excluding hydrogens is 326 g/mol. The highest BCUT2D eigenvalue weighted by Crippen LogP contribution is 2.35. The summed E-state index contributed by atoms with van der Waals surface area (Å²) in [5, 5.41) is 18.2. The van der Waals surface area contributed by atoms with Gasteiger partial charge in [0.1, 0.15) is 6.61 Å². The molecule has 0 aliphatic heterocycles. The van der Waals surface area contributed by atoms with E-state index < -0.39 is 35.2 Å². The lowest BCUT2D eigenvalue weighted by Gasteiger charge is -2.32. The fourth-order valence-electron chi connectivity index (χ4n) is 2.61. The van der Waals surface area contributed by atoms with Gasteiger partial charge in [0.15, 0.2) is 0 Å². The Hall–Kier alpha value is -2.88. The second-order valence-corrected chi connectivity index (χ2v) is 6.23. The number of rotatable bonds is 7. The SMILES string of the molecule is COC(=O)C(C)C(C(=O)O)C(C)(C)C(=O)OCc1ccc(C#N)cc1. The van der Waals surface area contributed by atoms with E-state index in [1.165, 1.54) is 20.8 Å². The fraction of sp³-hybridized carbons (Fsp3) is 0.444. The van der Waals surface area contributed by atoms with E-state index in [1.807, 2.05) is 6.07 Å². The number of nitriles is 1. The monoisotopic (exact) mass is 347 g/mol. The van der Waals surface area contributed by atoms with Gasteiger partial charge in [-0.3, -0.25) is 14.4 Å². The van der Waals surface area contributed by atoms with Crippen LogP contribution in [0.15, 0.2) is 24.3 Å². The van der Waals surface area contributed by atoms with Gasteiger partial charge in [-0.05, 0) is 31.5 Å². The van der Waals surface area contributed by atoms with Crippen molar-refractivity contribution in [2.45, 2.75) is 27.4 Å². The summed E-state index contributed by atoms with van der Waals surface area (Å²) in [6, 6.07) is 8.45. The first kappa shape index (κ1) is 20.2. The average Bonchev–Trinajstić information content (AvgIpc) is 2.58. The van der Waals surface area contributed by atoms with Gasteiger partial charge in [-0.2, -0.15) is 5.26 Å². The van der Waals surface area contributed by atoms with Crippen LogP contribution in [-0.4, -0.2) is 30.1 Å². The highest BCUT2D eigenvalue weighted by molar-refractivity contribution is 5.88. The molecule has 0 heterocycles. The maximum atomic E-state index is 12.4. The number of carbonyl (C=O) groups excluding carboxylic acids is 2. The summed E-state index contributed by atoms with van der Waals surface area (Å²) in [7, 11) is 1.16. The number of carboxylic acids is 1.